The first kappa shape index (κ1) is 19.4. The first-order chi connectivity index (χ1) is 14.3. The van der Waals surface area contributed by atoms with Crippen LogP contribution in [0.5, 0.6) is 11.5 Å². The van der Waals surface area contributed by atoms with E-state index in [0.717, 1.165) is 74.3 Å². The molecule has 1 N–H and O–H groups in total. The number of aryl methyl sites for hydroxylation is 1. The van der Waals surface area contributed by atoms with Gasteiger partial charge in [-0.05, 0) is 18.6 Å². The number of hydrogen-bond donors (Lipinski definition) is 1. The normalized spacial score (nSPS) is 13.7. The van der Waals surface area contributed by atoms with Crippen LogP contribution in [0.2, 0.25) is 0 Å². The molecule has 0 radical (unpaired) electrons. The van der Waals surface area contributed by atoms with Gasteiger partial charge in [-0.2, -0.15) is 5.10 Å². The highest BCUT2D eigenvalue weighted by molar-refractivity contribution is 5.49. The van der Waals surface area contributed by atoms with E-state index >= 15 is 0 Å². The van der Waals surface area contributed by atoms with E-state index in [1.54, 1.807) is 7.11 Å². The van der Waals surface area contributed by atoms with Crippen LogP contribution in [-0.4, -0.2) is 44.5 Å². The largest absolute Gasteiger partial charge is 0.497 e. The molecular formula is C21H28N6O2. The highest BCUT2D eigenvalue weighted by Crippen LogP contribution is 2.22. The Hall–Kier alpha value is -2.87. The molecule has 8 heteroatoms. The molecular weight excluding hydrogens is 368 g/mol. The number of benzene rings is 1. The van der Waals surface area contributed by atoms with Gasteiger partial charge in [0.15, 0.2) is 11.6 Å². The molecule has 0 fully saturated rings. The van der Waals surface area contributed by atoms with Crippen LogP contribution in [0.25, 0.3) is 11.5 Å². The highest BCUT2D eigenvalue weighted by Gasteiger charge is 2.18. The second-order valence-electron chi connectivity index (χ2n) is 7.13. The van der Waals surface area contributed by atoms with E-state index in [2.05, 4.69) is 23.0 Å². The van der Waals surface area contributed by atoms with Crippen LogP contribution in [0, 0.1) is 0 Å². The lowest BCUT2D eigenvalue weighted by molar-refractivity contribution is 0.292. The van der Waals surface area contributed by atoms with Crippen molar-refractivity contribution in [3.63, 3.8) is 0 Å². The van der Waals surface area contributed by atoms with E-state index in [1.165, 1.54) is 0 Å². The number of rotatable bonds is 8. The fourth-order valence-electron chi connectivity index (χ4n) is 3.42. The van der Waals surface area contributed by atoms with Crippen molar-refractivity contribution in [2.75, 3.05) is 20.2 Å². The zero-order valence-corrected chi connectivity index (χ0v) is 17.1. The zero-order valence-electron chi connectivity index (χ0n) is 17.1. The van der Waals surface area contributed by atoms with Crippen LogP contribution in [0.1, 0.15) is 31.4 Å². The summed E-state index contributed by atoms with van der Waals surface area (Å²) in [5, 5.41) is 8.10. The molecule has 1 aromatic carbocycles. The quantitative estimate of drug-likeness (QED) is 0.631. The molecule has 0 unspecified atom stereocenters. The standard InChI is InChI=1S/C21H28N6O2/c1-3-4-11-27-21(18-14-26-12-10-22-9-8-20(26)23-18)24-19(25-27)15-29-17-7-5-6-16(13-17)28-2/h5-7,13-14,22H,3-4,8-12,15H2,1-2H3. The third-order valence-electron chi connectivity index (χ3n) is 4.99. The maximum absolute atomic E-state index is 5.89. The molecule has 3 heterocycles. The Morgan fingerprint density at radius 2 is 2.07 bits per heavy atom. The van der Waals surface area contributed by atoms with Gasteiger partial charge in [-0.1, -0.05) is 19.4 Å². The first-order valence-electron chi connectivity index (χ1n) is 10.2. The molecule has 0 aliphatic carbocycles. The van der Waals surface area contributed by atoms with Crippen LogP contribution in [0.3, 0.4) is 0 Å². The maximum atomic E-state index is 5.89. The first-order valence-corrected chi connectivity index (χ1v) is 10.2. The Morgan fingerprint density at radius 1 is 1.17 bits per heavy atom. The van der Waals surface area contributed by atoms with Crippen LogP contribution < -0.4 is 14.8 Å². The van der Waals surface area contributed by atoms with E-state index in [4.69, 9.17) is 24.5 Å². The van der Waals surface area contributed by atoms with Gasteiger partial charge in [0.1, 0.15) is 29.6 Å². The number of nitrogens with one attached hydrogen (secondary N) is 1. The molecule has 0 saturated heterocycles. The Labute approximate surface area is 170 Å². The smallest absolute Gasteiger partial charge is 0.188 e. The van der Waals surface area contributed by atoms with Crippen LogP contribution >= 0.6 is 0 Å². The summed E-state index contributed by atoms with van der Waals surface area (Å²) >= 11 is 0. The number of hydrogen-bond acceptors (Lipinski definition) is 6. The SMILES string of the molecule is CCCCn1nc(COc2cccc(OC)c2)nc1-c1cn2c(n1)CCNCC2. The summed E-state index contributed by atoms with van der Waals surface area (Å²) in [5.74, 6) is 4.07. The lowest BCUT2D eigenvalue weighted by atomic mass is 10.3. The number of nitrogens with zero attached hydrogens (tertiary/aromatic N) is 5. The fraction of sp³-hybridized carbons (Fsp3) is 0.476. The number of unbranched alkanes of at least 4 members (excludes halogenated alkanes) is 1. The molecule has 3 aromatic rings. The van der Waals surface area contributed by atoms with Gasteiger partial charge in [0.2, 0.25) is 0 Å². The highest BCUT2D eigenvalue weighted by atomic mass is 16.5. The summed E-state index contributed by atoms with van der Waals surface area (Å²) < 4.78 is 15.3. The predicted octanol–water partition coefficient (Wildman–Crippen LogP) is 2.68. The molecule has 0 spiro atoms. The molecule has 0 saturated carbocycles. The van der Waals surface area contributed by atoms with Gasteiger partial charge in [-0.25, -0.2) is 14.6 Å². The van der Waals surface area contributed by atoms with Gasteiger partial charge in [0.05, 0.1) is 7.11 Å². The van der Waals surface area contributed by atoms with E-state index in [0.29, 0.717) is 12.4 Å². The second kappa shape index (κ2) is 9.09. The van der Waals surface area contributed by atoms with Crippen molar-refractivity contribution in [1.82, 2.24) is 29.6 Å². The van der Waals surface area contributed by atoms with Gasteiger partial charge in [-0.15, -0.1) is 0 Å². The lowest BCUT2D eigenvalue weighted by Crippen LogP contribution is -2.17. The van der Waals surface area contributed by atoms with Crippen molar-refractivity contribution in [1.29, 1.82) is 0 Å². The van der Waals surface area contributed by atoms with Gasteiger partial charge in [0.25, 0.3) is 0 Å². The Kier molecular flexibility index (Phi) is 6.09. The average molecular weight is 396 g/mol. The van der Waals surface area contributed by atoms with Crippen LogP contribution in [0.4, 0.5) is 0 Å². The molecule has 0 atom stereocenters. The molecule has 1 aliphatic heterocycles. The number of ether oxygens (including phenoxy) is 2. The topological polar surface area (TPSA) is 79.0 Å². The second-order valence-corrected chi connectivity index (χ2v) is 7.13. The van der Waals surface area contributed by atoms with E-state index in [-0.39, 0.29) is 0 Å². The van der Waals surface area contributed by atoms with Gasteiger partial charge < -0.3 is 19.4 Å². The van der Waals surface area contributed by atoms with Gasteiger partial charge >= 0.3 is 0 Å². The van der Waals surface area contributed by atoms with Crippen LogP contribution in [0.15, 0.2) is 30.5 Å². The van der Waals surface area contributed by atoms with Crippen molar-refractivity contribution in [3.8, 4) is 23.0 Å². The van der Waals surface area contributed by atoms with Crippen molar-refractivity contribution in [3.05, 3.63) is 42.1 Å². The molecule has 8 nitrogen and oxygen atoms in total. The minimum atomic E-state index is 0.302. The Balaban J connectivity index is 1.55. The Bertz CT molecular complexity index is 925. The molecule has 0 amide bonds. The van der Waals surface area contributed by atoms with Crippen molar-refractivity contribution in [2.45, 2.75) is 45.9 Å². The average Bonchev–Trinajstić information content (AvgIpc) is 3.28. The number of aromatic nitrogens is 5. The summed E-state index contributed by atoms with van der Waals surface area (Å²) in [7, 11) is 1.64. The number of imidazole rings is 1. The molecule has 29 heavy (non-hydrogen) atoms. The van der Waals surface area contributed by atoms with Crippen LogP contribution in [-0.2, 0) is 26.1 Å². The summed E-state index contributed by atoms with van der Waals surface area (Å²) in [6.45, 7) is 6.15. The third kappa shape index (κ3) is 4.59. The summed E-state index contributed by atoms with van der Waals surface area (Å²) in [6, 6.07) is 7.55. The number of methoxy groups -OCH3 is 1. The Morgan fingerprint density at radius 3 is 2.93 bits per heavy atom. The monoisotopic (exact) mass is 396 g/mol. The van der Waals surface area contributed by atoms with E-state index < -0.39 is 0 Å². The molecule has 154 valence electrons. The van der Waals surface area contributed by atoms with Crippen molar-refractivity contribution in [2.24, 2.45) is 0 Å². The fourth-order valence-corrected chi connectivity index (χ4v) is 3.42. The molecule has 4 rings (SSSR count). The lowest BCUT2D eigenvalue weighted by Gasteiger charge is -2.05. The predicted molar refractivity (Wildman–Crippen MR) is 110 cm³/mol. The van der Waals surface area contributed by atoms with E-state index in [1.807, 2.05) is 28.9 Å². The molecule has 1 aliphatic rings. The number of fused-ring (bicyclic) bond motifs is 1. The van der Waals surface area contributed by atoms with Crippen molar-refractivity contribution >= 4 is 0 Å². The molecule has 2 aromatic heterocycles. The maximum Gasteiger partial charge on any atom is 0.188 e. The molecule has 0 bridgehead atoms. The van der Waals surface area contributed by atoms with E-state index in [9.17, 15) is 0 Å². The van der Waals surface area contributed by atoms with Crippen molar-refractivity contribution < 1.29 is 9.47 Å². The van der Waals surface area contributed by atoms with Gasteiger partial charge in [0, 0.05) is 44.9 Å². The summed E-state index contributed by atoms with van der Waals surface area (Å²) in [5.41, 5.74) is 0.887. The third-order valence-corrected chi connectivity index (χ3v) is 4.99. The minimum Gasteiger partial charge on any atom is -0.497 e. The summed E-state index contributed by atoms with van der Waals surface area (Å²) in [4.78, 5) is 9.61. The summed E-state index contributed by atoms with van der Waals surface area (Å²) in [6.07, 6.45) is 5.17. The van der Waals surface area contributed by atoms with Gasteiger partial charge in [-0.3, -0.25) is 0 Å². The zero-order chi connectivity index (χ0) is 20.1. The minimum absolute atomic E-state index is 0.302.